The number of amides is 3. The monoisotopic (exact) mass is 489 g/mol. The summed E-state index contributed by atoms with van der Waals surface area (Å²) in [7, 11) is 0. The number of nitrogens with two attached hydrogens (primary N) is 3. The molecule has 0 fully saturated rings. The first-order valence-electron chi connectivity index (χ1n) is 10.9. The number of aliphatic imine (C=N–C) groups is 1. The van der Waals surface area contributed by atoms with Gasteiger partial charge in [-0.25, -0.2) is 4.79 Å². The first-order valence-corrected chi connectivity index (χ1v) is 11.5. The van der Waals surface area contributed by atoms with E-state index in [1.807, 2.05) is 6.92 Å². The van der Waals surface area contributed by atoms with Gasteiger partial charge in [-0.1, -0.05) is 34.1 Å². The molecule has 0 rings (SSSR count). The molecule has 13 heteroatoms. The Kier molecular flexibility index (Phi) is 14.1. The van der Waals surface area contributed by atoms with E-state index >= 15 is 0 Å². The molecule has 0 aliphatic carbocycles. The minimum Gasteiger partial charge on any atom is -0.480 e. The van der Waals surface area contributed by atoms with Crippen molar-refractivity contribution in [2.24, 2.45) is 34.0 Å². The van der Waals surface area contributed by atoms with Crippen molar-refractivity contribution >= 4 is 42.3 Å². The van der Waals surface area contributed by atoms with Gasteiger partial charge in [0.2, 0.25) is 17.7 Å². The minimum atomic E-state index is -1.17. The number of carbonyl (C=O) groups excluding carboxylic acids is 3. The number of nitrogens with zero attached hydrogens (tertiary/aromatic N) is 1. The molecule has 3 amide bonds. The quantitative estimate of drug-likeness (QED) is 0.0587. The van der Waals surface area contributed by atoms with Crippen LogP contribution < -0.4 is 33.2 Å². The maximum absolute atomic E-state index is 12.9. The molecule has 0 aliphatic heterocycles. The Morgan fingerprint density at radius 3 is 1.97 bits per heavy atom. The normalized spacial score (nSPS) is 15.5. The summed E-state index contributed by atoms with van der Waals surface area (Å²) in [5.41, 5.74) is 16.4. The number of carboxylic acid groups (broad SMARTS) is 1. The Labute approximate surface area is 200 Å². The number of carbonyl (C=O) groups is 4. The minimum absolute atomic E-state index is 0.0324. The number of nitrogens with one attached hydrogen (secondary N) is 3. The van der Waals surface area contributed by atoms with Gasteiger partial charge in [-0.15, -0.1) is 0 Å². The van der Waals surface area contributed by atoms with Crippen LogP contribution in [0, 0.1) is 11.8 Å². The summed E-state index contributed by atoms with van der Waals surface area (Å²) in [6.45, 7) is 7.27. The lowest BCUT2D eigenvalue weighted by Gasteiger charge is -2.26. The number of rotatable bonds is 15. The van der Waals surface area contributed by atoms with E-state index in [4.69, 9.17) is 17.2 Å². The highest BCUT2D eigenvalue weighted by molar-refractivity contribution is 7.80. The van der Waals surface area contributed by atoms with Crippen LogP contribution in [0.1, 0.15) is 47.0 Å². The van der Waals surface area contributed by atoms with E-state index < -0.39 is 47.9 Å². The molecule has 10 N–H and O–H groups in total. The first kappa shape index (κ1) is 30.5. The Balaban J connectivity index is 5.46. The molecule has 0 aromatic heterocycles. The summed E-state index contributed by atoms with van der Waals surface area (Å²) in [5.74, 6) is -3.61. The lowest BCUT2D eigenvalue weighted by Crippen LogP contribution is -2.58. The second-order valence-electron chi connectivity index (χ2n) is 8.23. The third-order valence-electron chi connectivity index (χ3n) is 5.19. The van der Waals surface area contributed by atoms with Crippen LogP contribution in [-0.2, 0) is 19.2 Å². The van der Waals surface area contributed by atoms with E-state index in [-0.39, 0.29) is 36.5 Å². The lowest BCUT2D eigenvalue weighted by atomic mass is 9.98. The molecule has 0 aromatic rings. The molecule has 0 saturated heterocycles. The first-order chi connectivity index (χ1) is 15.3. The van der Waals surface area contributed by atoms with Crippen molar-refractivity contribution < 1.29 is 24.3 Å². The van der Waals surface area contributed by atoms with Gasteiger partial charge in [0.15, 0.2) is 5.96 Å². The van der Waals surface area contributed by atoms with Crippen LogP contribution in [0.5, 0.6) is 0 Å². The summed E-state index contributed by atoms with van der Waals surface area (Å²) >= 11 is 4.11. The summed E-state index contributed by atoms with van der Waals surface area (Å²) in [4.78, 5) is 53.3. The van der Waals surface area contributed by atoms with Gasteiger partial charge in [0.1, 0.15) is 18.1 Å². The van der Waals surface area contributed by atoms with Crippen LogP contribution in [-0.4, -0.2) is 71.2 Å². The molecule has 5 unspecified atom stereocenters. The molecule has 0 aliphatic rings. The Morgan fingerprint density at radius 1 is 0.970 bits per heavy atom. The van der Waals surface area contributed by atoms with Crippen molar-refractivity contribution in [2.75, 3.05) is 12.3 Å². The smallest absolute Gasteiger partial charge is 0.326 e. The average Bonchev–Trinajstić information content (AvgIpc) is 2.75. The zero-order valence-corrected chi connectivity index (χ0v) is 20.6. The largest absolute Gasteiger partial charge is 0.480 e. The third-order valence-corrected chi connectivity index (χ3v) is 5.56. The third kappa shape index (κ3) is 11.2. The molecule has 0 aromatic carbocycles. The molecule has 0 radical (unpaired) electrons. The van der Waals surface area contributed by atoms with E-state index in [0.29, 0.717) is 12.8 Å². The number of guanidine groups is 1. The van der Waals surface area contributed by atoms with Crippen LogP contribution in [0.25, 0.3) is 0 Å². The van der Waals surface area contributed by atoms with E-state index in [0.717, 1.165) is 0 Å². The van der Waals surface area contributed by atoms with Gasteiger partial charge in [0.25, 0.3) is 0 Å². The van der Waals surface area contributed by atoms with Gasteiger partial charge in [-0.05, 0) is 24.7 Å². The van der Waals surface area contributed by atoms with Gasteiger partial charge in [0.05, 0.1) is 6.04 Å². The van der Waals surface area contributed by atoms with Crippen LogP contribution in [0.15, 0.2) is 4.99 Å². The Hall–Kier alpha value is -2.54. The maximum Gasteiger partial charge on any atom is 0.326 e. The summed E-state index contributed by atoms with van der Waals surface area (Å²) in [5, 5.41) is 17.1. The van der Waals surface area contributed by atoms with E-state index in [1.54, 1.807) is 20.8 Å². The predicted octanol–water partition coefficient (Wildman–Crippen LogP) is -1.46. The zero-order chi connectivity index (χ0) is 25.7. The molecule has 12 nitrogen and oxygen atoms in total. The Bertz CT molecular complexity index is 700. The average molecular weight is 490 g/mol. The van der Waals surface area contributed by atoms with Crippen molar-refractivity contribution in [3.8, 4) is 0 Å². The maximum atomic E-state index is 12.9. The zero-order valence-electron chi connectivity index (χ0n) is 19.7. The molecular formula is C20H39N7O5S. The van der Waals surface area contributed by atoms with E-state index in [2.05, 4.69) is 33.6 Å². The van der Waals surface area contributed by atoms with Crippen molar-refractivity contribution in [2.45, 2.75) is 71.1 Å². The number of carboxylic acids is 1. The SMILES string of the molecule is CCC(C)C(NC(=O)C(CCCN=C(N)N)NC(=O)C(CS)NC(=O)C(N)C(C)C)C(=O)O. The van der Waals surface area contributed by atoms with Crippen LogP contribution >= 0.6 is 12.6 Å². The molecule has 33 heavy (non-hydrogen) atoms. The summed E-state index contributed by atoms with van der Waals surface area (Å²) in [6, 6.07) is -4.05. The fourth-order valence-electron chi connectivity index (χ4n) is 2.75. The van der Waals surface area contributed by atoms with Crippen LogP contribution in [0.2, 0.25) is 0 Å². The predicted molar refractivity (Wildman–Crippen MR) is 129 cm³/mol. The molecule has 0 spiro atoms. The van der Waals surface area contributed by atoms with Gasteiger partial charge < -0.3 is 38.3 Å². The highest BCUT2D eigenvalue weighted by Gasteiger charge is 2.31. The second kappa shape index (κ2) is 15.3. The summed E-state index contributed by atoms with van der Waals surface area (Å²) < 4.78 is 0. The Morgan fingerprint density at radius 2 is 1.52 bits per heavy atom. The van der Waals surface area contributed by atoms with Crippen molar-refractivity contribution in [1.82, 2.24) is 16.0 Å². The van der Waals surface area contributed by atoms with Crippen molar-refractivity contribution in [3.63, 3.8) is 0 Å². The van der Waals surface area contributed by atoms with Crippen LogP contribution in [0.4, 0.5) is 0 Å². The fourth-order valence-corrected chi connectivity index (χ4v) is 3.00. The molecule has 0 bridgehead atoms. The van der Waals surface area contributed by atoms with Gasteiger partial charge in [-0.2, -0.15) is 12.6 Å². The number of thiol groups is 1. The number of aliphatic carboxylic acids is 1. The van der Waals surface area contributed by atoms with Crippen LogP contribution in [0.3, 0.4) is 0 Å². The highest BCUT2D eigenvalue weighted by Crippen LogP contribution is 2.10. The molecule has 0 saturated carbocycles. The van der Waals surface area contributed by atoms with E-state index in [1.165, 1.54) is 0 Å². The van der Waals surface area contributed by atoms with Gasteiger partial charge in [-0.3, -0.25) is 19.4 Å². The molecule has 5 atom stereocenters. The molecular weight excluding hydrogens is 450 g/mol. The molecule has 190 valence electrons. The van der Waals surface area contributed by atoms with Crippen molar-refractivity contribution in [1.29, 1.82) is 0 Å². The number of hydrogen-bond donors (Lipinski definition) is 8. The lowest BCUT2D eigenvalue weighted by molar-refractivity contribution is -0.143. The highest BCUT2D eigenvalue weighted by atomic mass is 32.1. The number of hydrogen-bond acceptors (Lipinski definition) is 7. The molecule has 0 heterocycles. The fraction of sp³-hybridized carbons (Fsp3) is 0.750. The van der Waals surface area contributed by atoms with Gasteiger partial charge in [0, 0.05) is 12.3 Å². The second-order valence-corrected chi connectivity index (χ2v) is 8.60. The summed E-state index contributed by atoms with van der Waals surface area (Å²) in [6.07, 6.45) is 1.01. The van der Waals surface area contributed by atoms with Crippen molar-refractivity contribution in [3.05, 3.63) is 0 Å². The van der Waals surface area contributed by atoms with Gasteiger partial charge >= 0.3 is 5.97 Å². The van der Waals surface area contributed by atoms with E-state index in [9.17, 15) is 24.3 Å². The standard InChI is InChI=1S/C20H39N7O5S/c1-5-11(4)15(19(31)32)27-16(28)12(7-6-8-24-20(22)23)25-17(29)13(9-33)26-18(30)14(21)10(2)3/h10-15,33H,5-9,21H2,1-4H3,(H,25,29)(H,26,30)(H,27,28)(H,31,32)(H4,22,23,24). The topological polar surface area (TPSA) is 215 Å².